The Kier molecular flexibility index (Phi) is 10.4. The minimum atomic E-state index is -0.391. The van der Waals surface area contributed by atoms with Gasteiger partial charge in [-0.15, -0.1) is 0 Å². The molecule has 1 saturated carbocycles. The molecule has 1 aliphatic carbocycles. The lowest BCUT2D eigenvalue weighted by Gasteiger charge is -2.33. The Morgan fingerprint density at radius 1 is 0.833 bits per heavy atom. The molecule has 0 amide bonds. The Morgan fingerprint density at radius 2 is 1.56 bits per heavy atom. The third-order valence-electron chi connectivity index (χ3n) is 7.75. The summed E-state index contributed by atoms with van der Waals surface area (Å²) in [7, 11) is 0. The third-order valence-corrected chi connectivity index (χ3v) is 7.75. The van der Waals surface area contributed by atoms with E-state index >= 15 is 0 Å². The Bertz CT molecular complexity index is 937. The molecule has 4 nitrogen and oxygen atoms in total. The standard InChI is InChI=1S/C32H44O4/c1-3-5-10-20-34-31(33)26-15-17-27(18-16-26)32-35-22-28(23-36-32)29-19-14-24(11-6-4-2)21-30(29)25-12-8-7-9-13-25/h14-19,21,25,28,32H,3-13,20,22-23H2,1-2H3. The van der Waals surface area contributed by atoms with Crippen LogP contribution in [-0.4, -0.2) is 25.8 Å². The van der Waals surface area contributed by atoms with Gasteiger partial charge >= 0.3 is 5.97 Å². The van der Waals surface area contributed by atoms with Crippen molar-refractivity contribution in [1.82, 2.24) is 0 Å². The molecule has 2 aromatic rings. The maximum Gasteiger partial charge on any atom is 0.338 e. The van der Waals surface area contributed by atoms with Gasteiger partial charge in [-0.05, 0) is 66.8 Å². The second-order valence-corrected chi connectivity index (χ2v) is 10.6. The van der Waals surface area contributed by atoms with E-state index in [0.717, 1.165) is 24.8 Å². The third kappa shape index (κ3) is 7.20. The fraction of sp³-hybridized carbons (Fsp3) is 0.594. The van der Waals surface area contributed by atoms with Gasteiger partial charge in [0.2, 0.25) is 0 Å². The second-order valence-electron chi connectivity index (χ2n) is 10.6. The van der Waals surface area contributed by atoms with Gasteiger partial charge in [0.1, 0.15) is 0 Å². The van der Waals surface area contributed by atoms with E-state index < -0.39 is 6.29 Å². The molecular weight excluding hydrogens is 448 g/mol. The molecule has 0 unspecified atom stereocenters. The zero-order chi connectivity index (χ0) is 25.2. The highest BCUT2D eigenvalue weighted by molar-refractivity contribution is 5.89. The molecule has 4 heteroatoms. The monoisotopic (exact) mass is 492 g/mol. The topological polar surface area (TPSA) is 44.8 Å². The van der Waals surface area contributed by atoms with Gasteiger partial charge in [0.25, 0.3) is 0 Å². The van der Waals surface area contributed by atoms with Crippen LogP contribution in [0, 0.1) is 0 Å². The van der Waals surface area contributed by atoms with Gasteiger partial charge in [-0.25, -0.2) is 4.79 Å². The molecule has 0 spiro atoms. The van der Waals surface area contributed by atoms with Crippen molar-refractivity contribution in [2.45, 2.75) is 103 Å². The number of carbonyl (C=O) groups excluding carboxylic acids is 1. The number of esters is 1. The number of hydrogen-bond acceptors (Lipinski definition) is 4. The summed E-state index contributed by atoms with van der Waals surface area (Å²) < 4.78 is 17.8. The smallest absolute Gasteiger partial charge is 0.338 e. The van der Waals surface area contributed by atoms with Gasteiger partial charge in [-0.2, -0.15) is 0 Å². The first-order chi connectivity index (χ1) is 17.7. The minimum absolute atomic E-state index is 0.260. The van der Waals surface area contributed by atoms with E-state index in [4.69, 9.17) is 14.2 Å². The first kappa shape index (κ1) is 26.9. The maximum atomic E-state index is 12.3. The molecule has 196 valence electrons. The molecule has 1 heterocycles. The lowest BCUT2D eigenvalue weighted by molar-refractivity contribution is -0.191. The Labute approximate surface area is 217 Å². The molecule has 0 aromatic heterocycles. The van der Waals surface area contributed by atoms with Gasteiger partial charge in [0.05, 0.1) is 25.4 Å². The summed E-state index contributed by atoms with van der Waals surface area (Å²) in [5, 5.41) is 0. The van der Waals surface area contributed by atoms with Gasteiger partial charge in [0.15, 0.2) is 6.29 Å². The largest absolute Gasteiger partial charge is 0.462 e. The highest BCUT2D eigenvalue weighted by atomic mass is 16.7. The van der Waals surface area contributed by atoms with E-state index in [0.29, 0.717) is 31.3 Å². The van der Waals surface area contributed by atoms with Crippen molar-refractivity contribution in [3.63, 3.8) is 0 Å². The van der Waals surface area contributed by atoms with Gasteiger partial charge < -0.3 is 14.2 Å². The summed E-state index contributed by atoms with van der Waals surface area (Å²) in [4.78, 5) is 12.3. The molecule has 2 fully saturated rings. The highest BCUT2D eigenvalue weighted by Gasteiger charge is 2.29. The molecule has 0 N–H and O–H groups in total. The van der Waals surface area contributed by atoms with Gasteiger partial charge in [-0.1, -0.05) is 82.7 Å². The minimum Gasteiger partial charge on any atom is -0.462 e. The molecule has 0 radical (unpaired) electrons. The molecule has 4 rings (SSSR count). The van der Waals surface area contributed by atoms with E-state index in [2.05, 4.69) is 32.0 Å². The van der Waals surface area contributed by atoms with Crippen LogP contribution in [0.3, 0.4) is 0 Å². The first-order valence-electron chi connectivity index (χ1n) is 14.3. The van der Waals surface area contributed by atoms with E-state index in [1.807, 2.05) is 24.3 Å². The van der Waals surface area contributed by atoms with Crippen LogP contribution < -0.4 is 0 Å². The molecule has 2 aliphatic rings. The summed E-state index contributed by atoms with van der Waals surface area (Å²) in [6, 6.07) is 14.6. The average molecular weight is 493 g/mol. The highest BCUT2D eigenvalue weighted by Crippen LogP contribution is 2.39. The molecule has 1 aliphatic heterocycles. The van der Waals surface area contributed by atoms with Crippen molar-refractivity contribution in [2.75, 3.05) is 19.8 Å². The lowest BCUT2D eigenvalue weighted by Crippen LogP contribution is -2.27. The molecule has 0 bridgehead atoms. The fourth-order valence-electron chi connectivity index (χ4n) is 5.55. The van der Waals surface area contributed by atoms with Crippen molar-refractivity contribution in [2.24, 2.45) is 0 Å². The quantitative estimate of drug-likeness (QED) is 0.234. The average Bonchev–Trinajstić information content (AvgIpc) is 2.94. The number of aryl methyl sites for hydroxylation is 1. The summed E-state index contributed by atoms with van der Waals surface area (Å²) in [6.45, 7) is 6.18. The van der Waals surface area contributed by atoms with Crippen molar-refractivity contribution < 1.29 is 19.0 Å². The van der Waals surface area contributed by atoms with Crippen LogP contribution in [0.25, 0.3) is 0 Å². The summed E-state index contributed by atoms with van der Waals surface area (Å²) >= 11 is 0. The van der Waals surface area contributed by atoms with Crippen molar-refractivity contribution in [3.05, 3.63) is 70.3 Å². The van der Waals surface area contributed by atoms with Crippen LogP contribution in [0.15, 0.2) is 42.5 Å². The maximum absolute atomic E-state index is 12.3. The predicted octanol–water partition coefficient (Wildman–Crippen LogP) is 8.25. The Balaban J connectivity index is 1.37. The van der Waals surface area contributed by atoms with Crippen molar-refractivity contribution >= 4 is 5.97 Å². The number of unbranched alkanes of at least 4 members (excludes halogenated alkanes) is 3. The molecule has 1 saturated heterocycles. The molecule has 0 atom stereocenters. The normalized spacial score (nSPS) is 20.8. The molecule has 2 aromatic carbocycles. The Morgan fingerprint density at radius 3 is 2.25 bits per heavy atom. The van der Waals surface area contributed by atoms with Crippen molar-refractivity contribution in [1.29, 1.82) is 0 Å². The molecular formula is C32H44O4. The first-order valence-corrected chi connectivity index (χ1v) is 14.3. The zero-order valence-electron chi connectivity index (χ0n) is 22.3. The SMILES string of the molecule is CCCCCOC(=O)c1ccc(C2OCC(c3ccc(CCCC)cc3C3CCCCC3)CO2)cc1. The van der Waals surface area contributed by atoms with E-state index in [1.165, 1.54) is 62.5 Å². The summed E-state index contributed by atoms with van der Waals surface area (Å²) in [6.07, 6.45) is 13.0. The Hall–Kier alpha value is -2.17. The van der Waals surface area contributed by atoms with Crippen LogP contribution >= 0.6 is 0 Å². The van der Waals surface area contributed by atoms with Crippen LogP contribution in [0.4, 0.5) is 0 Å². The number of carbonyl (C=O) groups is 1. The van der Waals surface area contributed by atoms with Crippen LogP contribution in [0.1, 0.15) is 129 Å². The summed E-state index contributed by atoms with van der Waals surface area (Å²) in [5.41, 5.74) is 5.95. The van der Waals surface area contributed by atoms with Gasteiger partial charge in [0, 0.05) is 11.5 Å². The second kappa shape index (κ2) is 13.9. The van der Waals surface area contributed by atoms with Gasteiger partial charge in [-0.3, -0.25) is 0 Å². The number of ether oxygens (including phenoxy) is 3. The van der Waals surface area contributed by atoms with E-state index in [-0.39, 0.29) is 11.9 Å². The van der Waals surface area contributed by atoms with E-state index in [1.54, 1.807) is 5.56 Å². The zero-order valence-corrected chi connectivity index (χ0v) is 22.3. The lowest BCUT2D eigenvalue weighted by atomic mass is 9.78. The van der Waals surface area contributed by atoms with Crippen LogP contribution in [-0.2, 0) is 20.6 Å². The fourth-order valence-corrected chi connectivity index (χ4v) is 5.55. The van der Waals surface area contributed by atoms with Crippen LogP contribution in [0.2, 0.25) is 0 Å². The van der Waals surface area contributed by atoms with Crippen LogP contribution in [0.5, 0.6) is 0 Å². The van der Waals surface area contributed by atoms with Crippen molar-refractivity contribution in [3.8, 4) is 0 Å². The number of rotatable bonds is 11. The molecule has 36 heavy (non-hydrogen) atoms. The predicted molar refractivity (Wildman–Crippen MR) is 145 cm³/mol. The number of hydrogen-bond donors (Lipinski definition) is 0. The number of benzene rings is 2. The van der Waals surface area contributed by atoms with E-state index in [9.17, 15) is 4.79 Å². The summed E-state index contributed by atoms with van der Waals surface area (Å²) in [5.74, 6) is 0.666.